The molecule has 2 aromatic rings. The molecule has 2 heterocycles. The van der Waals surface area contributed by atoms with E-state index in [0.29, 0.717) is 18.0 Å². The first kappa shape index (κ1) is 19.8. The van der Waals surface area contributed by atoms with Crippen LogP contribution in [0.4, 0.5) is 21.0 Å². The Morgan fingerprint density at radius 3 is 2.89 bits per heavy atom. The van der Waals surface area contributed by atoms with Crippen molar-refractivity contribution in [3.63, 3.8) is 0 Å². The van der Waals surface area contributed by atoms with Gasteiger partial charge in [-0.1, -0.05) is 6.07 Å². The van der Waals surface area contributed by atoms with Crippen LogP contribution < -0.4 is 15.0 Å². The highest BCUT2D eigenvalue weighted by atomic mass is 19.1. The molecule has 1 aliphatic heterocycles. The van der Waals surface area contributed by atoms with Crippen LogP contribution in [0.25, 0.3) is 0 Å². The van der Waals surface area contributed by atoms with E-state index in [2.05, 4.69) is 15.3 Å². The molecular formula is C19H23FN4O4. The number of ether oxygens (including phenoxy) is 2. The second-order valence-electron chi connectivity index (χ2n) is 6.48. The smallest absolute Gasteiger partial charge is 0.416 e. The topological polar surface area (TPSA) is 96.8 Å². The van der Waals surface area contributed by atoms with E-state index in [9.17, 15) is 14.3 Å². The Kier molecular flexibility index (Phi) is 5.93. The van der Waals surface area contributed by atoms with Gasteiger partial charge in [0, 0.05) is 6.20 Å². The number of hydrogen-bond donors (Lipinski definition) is 2. The van der Waals surface area contributed by atoms with Crippen LogP contribution in [0.1, 0.15) is 32.4 Å². The first-order valence-corrected chi connectivity index (χ1v) is 9.06. The van der Waals surface area contributed by atoms with Crippen molar-refractivity contribution in [2.45, 2.75) is 39.0 Å². The second kappa shape index (κ2) is 8.39. The van der Waals surface area contributed by atoms with Crippen molar-refractivity contribution < 1.29 is 23.8 Å². The zero-order valence-electron chi connectivity index (χ0n) is 15.9. The number of nitrogens with one attached hydrogen (secondary N) is 1. The number of anilines is 2. The lowest BCUT2D eigenvalue weighted by molar-refractivity contribution is 0.142. The van der Waals surface area contributed by atoms with Gasteiger partial charge in [0.25, 0.3) is 0 Å². The molecule has 28 heavy (non-hydrogen) atoms. The summed E-state index contributed by atoms with van der Waals surface area (Å²) < 4.78 is 24.3. The molecule has 1 amide bonds. The van der Waals surface area contributed by atoms with E-state index in [0.717, 1.165) is 0 Å². The molecule has 2 N–H and O–H groups in total. The third-order valence-corrected chi connectivity index (χ3v) is 4.45. The molecule has 0 spiro atoms. The lowest BCUT2D eigenvalue weighted by Crippen LogP contribution is -2.41. The van der Waals surface area contributed by atoms with Gasteiger partial charge in [0.2, 0.25) is 5.95 Å². The Morgan fingerprint density at radius 2 is 2.21 bits per heavy atom. The van der Waals surface area contributed by atoms with Crippen LogP contribution in [0.5, 0.6) is 5.75 Å². The Balaban J connectivity index is 1.77. The van der Waals surface area contributed by atoms with Gasteiger partial charge >= 0.3 is 6.09 Å². The SMILES string of the molecule is CCOc1ccc([C@H](C)Nc2nccc(N3C(=O)OC[C@@H]3[C@@H](C)O)n2)cc1F. The minimum atomic E-state index is -0.774. The highest BCUT2D eigenvalue weighted by Gasteiger charge is 2.38. The van der Waals surface area contributed by atoms with Crippen LogP contribution in [-0.2, 0) is 4.74 Å². The van der Waals surface area contributed by atoms with Gasteiger partial charge in [-0.3, -0.25) is 4.90 Å². The molecule has 0 bridgehead atoms. The van der Waals surface area contributed by atoms with Crippen LogP contribution in [0.3, 0.4) is 0 Å². The number of halogens is 1. The fourth-order valence-electron chi connectivity index (χ4n) is 2.94. The van der Waals surface area contributed by atoms with Crippen molar-refractivity contribution in [3.05, 3.63) is 41.8 Å². The number of cyclic esters (lactones) is 1. The number of aliphatic hydroxyl groups is 1. The van der Waals surface area contributed by atoms with Gasteiger partial charge in [-0.2, -0.15) is 4.98 Å². The molecule has 0 aliphatic carbocycles. The van der Waals surface area contributed by atoms with Gasteiger partial charge in [0.1, 0.15) is 18.5 Å². The Labute approximate surface area is 162 Å². The summed E-state index contributed by atoms with van der Waals surface area (Å²) in [7, 11) is 0. The third kappa shape index (κ3) is 4.14. The normalized spacial score (nSPS) is 18.5. The fraction of sp³-hybridized carbons (Fsp3) is 0.421. The van der Waals surface area contributed by atoms with Crippen LogP contribution in [0.15, 0.2) is 30.5 Å². The van der Waals surface area contributed by atoms with E-state index in [1.165, 1.54) is 17.2 Å². The number of aliphatic hydroxyl groups excluding tert-OH is 1. The molecular weight excluding hydrogens is 367 g/mol. The molecule has 150 valence electrons. The molecule has 1 saturated heterocycles. The van der Waals surface area contributed by atoms with Crippen molar-refractivity contribution in [2.24, 2.45) is 0 Å². The zero-order valence-corrected chi connectivity index (χ0v) is 15.9. The molecule has 1 aromatic heterocycles. The van der Waals surface area contributed by atoms with Crippen LogP contribution in [-0.4, -0.2) is 46.5 Å². The van der Waals surface area contributed by atoms with Crippen molar-refractivity contribution in [1.29, 1.82) is 0 Å². The number of amides is 1. The van der Waals surface area contributed by atoms with E-state index < -0.39 is 24.1 Å². The molecule has 8 nitrogen and oxygen atoms in total. The van der Waals surface area contributed by atoms with Crippen molar-refractivity contribution in [3.8, 4) is 5.75 Å². The zero-order chi connectivity index (χ0) is 20.3. The molecule has 1 fully saturated rings. The van der Waals surface area contributed by atoms with Crippen molar-refractivity contribution in [2.75, 3.05) is 23.4 Å². The molecule has 1 aromatic carbocycles. The summed E-state index contributed by atoms with van der Waals surface area (Å²) in [6.45, 7) is 5.69. The minimum absolute atomic E-state index is 0.0884. The van der Waals surface area contributed by atoms with E-state index in [-0.39, 0.29) is 24.3 Å². The molecule has 3 rings (SSSR count). The van der Waals surface area contributed by atoms with Crippen molar-refractivity contribution in [1.82, 2.24) is 9.97 Å². The van der Waals surface area contributed by atoms with Gasteiger partial charge < -0.3 is 19.9 Å². The first-order valence-electron chi connectivity index (χ1n) is 9.06. The van der Waals surface area contributed by atoms with Crippen molar-refractivity contribution >= 4 is 17.9 Å². The molecule has 0 radical (unpaired) electrons. The number of hydrogen-bond acceptors (Lipinski definition) is 7. The predicted molar refractivity (Wildman–Crippen MR) is 101 cm³/mol. The number of carbonyl (C=O) groups excluding carboxylic acids is 1. The number of aromatic nitrogens is 2. The van der Waals surface area contributed by atoms with E-state index in [4.69, 9.17) is 9.47 Å². The number of carbonyl (C=O) groups is 1. The molecule has 0 unspecified atom stereocenters. The summed E-state index contributed by atoms with van der Waals surface area (Å²) in [6.07, 6.45) is 0.154. The Hall–Kier alpha value is -2.94. The quantitative estimate of drug-likeness (QED) is 0.750. The number of benzene rings is 1. The molecule has 9 heteroatoms. The molecule has 0 saturated carbocycles. The standard InChI is InChI=1S/C19H23FN4O4/c1-4-27-16-6-5-13(9-14(16)20)11(2)22-18-21-8-7-17(23-18)24-15(12(3)25)10-28-19(24)26/h5-9,11-12,15,25H,4,10H2,1-3H3,(H,21,22,23)/t11-,12+,15+/m0/s1. The molecule has 1 aliphatic rings. The largest absolute Gasteiger partial charge is 0.491 e. The van der Waals surface area contributed by atoms with Gasteiger partial charge in [-0.05, 0) is 44.5 Å². The summed E-state index contributed by atoms with van der Waals surface area (Å²) in [4.78, 5) is 21.8. The second-order valence-corrected chi connectivity index (χ2v) is 6.48. The summed E-state index contributed by atoms with van der Waals surface area (Å²) in [5.41, 5.74) is 0.692. The van der Waals surface area contributed by atoms with E-state index in [1.807, 2.05) is 6.92 Å². The Morgan fingerprint density at radius 1 is 1.43 bits per heavy atom. The maximum absolute atomic E-state index is 14.1. The third-order valence-electron chi connectivity index (χ3n) is 4.45. The van der Waals surface area contributed by atoms with E-state index >= 15 is 0 Å². The number of nitrogens with zero attached hydrogens (tertiary/aromatic N) is 3. The lowest BCUT2D eigenvalue weighted by Gasteiger charge is -2.23. The first-order chi connectivity index (χ1) is 13.4. The summed E-state index contributed by atoms with van der Waals surface area (Å²) >= 11 is 0. The Bertz CT molecular complexity index is 848. The minimum Gasteiger partial charge on any atom is -0.491 e. The summed E-state index contributed by atoms with van der Waals surface area (Å²) in [5, 5.41) is 13.0. The van der Waals surface area contributed by atoms with Gasteiger partial charge in [-0.25, -0.2) is 14.2 Å². The van der Waals surface area contributed by atoms with Gasteiger partial charge in [0.05, 0.1) is 18.8 Å². The number of rotatable bonds is 7. The lowest BCUT2D eigenvalue weighted by atomic mass is 10.1. The van der Waals surface area contributed by atoms with Crippen LogP contribution in [0.2, 0.25) is 0 Å². The molecule has 3 atom stereocenters. The van der Waals surface area contributed by atoms with Gasteiger partial charge in [-0.15, -0.1) is 0 Å². The summed E-state index contributed by atoms with van der Waals surface area (Å²) in [6, 6.07) is 5.49. The van der Waals surface area contributed by atoms with Crippen LogP contribution in [0, 0.1) is 5.82 Å². The highest BCUT2D eigenvalue weighted by molar-refractivity contribution is 5.89. The summed E-state index contributed by atoms with van der Waals surface area (Å²) in [5.74, 6) is 0.343. The average Bonchev–Trinajstić information content (AvgIpc) is 3.05. The average molecular weight is 390 g/mol. The van der Waals surface area contributed by atoms with Crippen LogP contribution >= 0.6 is 0 Å². The fourth-order valence-corrected chi connectivity index (χ4v) is 2.94. The predicted octanol–water partition coefficient (Wildman–Crippen LogP) is 2.89. The maximum Gasteiger partial charge on any atom is 0.416 e. The highest BCUT2D eigenvalue weighted by Crippen LogP contribution is 2.26. The monoisotopic (exact) mass is 390 g/mol. The van der Waals surface area contributed by atoms with Gasteiger partial charge in [0.15, 0.2) is 11.6 Å². The van der Waals surface area contributed by atoms with E-state index in [1.54, 1.807) is 32.0 Å². The maximum atomic E-state index is 14.1.